The first-order valence-corrected chi connectivity index (χ1v) is 11.3. The number of halogens is 8. The molecule has 12 heteroatoms. The minimum Gasteiger partial charge on any atom is -0.326 e. The van der Waals surface area contributed by atoms with Crippen molar-refractivity contribution in [3.8, 4) is 0 Å². The van der Waals surface area contributed by atoms with Gasteiger partial charge in [-0.15, -0.1) is 23.2 Å². The van der Waals surface area contributed by atoms with Gasteiger partial charge in [0.1, 0.15) is 32.6 Å². The van der Waals surface area contributed by atoms with Crippen LogP contribution in [0.3, 0.4) is 0 Å². The van der Waals surface area contributed by atoms with E-state index in [1.807, 2.05) is 0 Å². The van der Waals surface area contributed by atoms with Crippen LogP contribution in [-0.4, -0.2) is 16.1 Å². The van der Waals surface area contributed by atoms with Crippen LogP contribution in [0.2, 0.25) is 10.0 Å². The van der Waals surface area contributed by atoms with Crippen LogP contribution < -0.4 is 10.6 Å². The van der Waals surface area contributed by atoms with Crippen molar-refractivity contribution >= 4 is 69.6 Å². The summed E-state index contributed by atoms with van der Waals surface area (Å²) < 4.78 is 53.2. The fourth-order valence-corrected chi connectivity index (χ4v) is 4.79. The van der Waals surface area contributed by atoms with E-state index in [1.54, 1.807) is 0 Å². The maximum atomic E-state index is 14.4. The molecule has 0 aliphatic heterocycles. The van der Waals surface area contributed by atoms with Crippen molar-refractivity contribution < 1.29 is 27.2 Å². The lowest BCUT2D eigenvalue weighted by atomic mass is 10.1. The Labute approximate surface area is 216 Å². The lowest BCUT2D eigenvalue weighted by Crippen LogP contribution is -2.18. The maximum Gasteiger partial charge on any atom is 0.257 e. The van der Waals surface area contributed by atoms with Crippen molar-refractivity contribution in [2.24, 2.45) is 5.92 Å². The van der Waals surface area contributed by atoms with Gasteiger partial charge in [-0.3, -0.25) is 9.59 Å². The second-order valence-electron chi connectivity index (χ2n) is 7.66. The van der Waals surface area contributed by atoms with Crippen LogP contribution in [-0.2, 0) is 4.79 Å². The number of carbonyl (C=O) groups is 2. The third-order valence-corrected chi connectivity index (χ3v) is 7.01. The van der Waals surface area contributed by atoms with Crippen molar-refractivity contribution in [3.05, 3.63) is 93.0 Å². The molecule has 3 aromatic rings. The highest BCUT2D eigenvalue weighted by molar-refractivity contribution is 6.53. The van der Waals surface area contributed by atoms with E-state index in [0.717, 1.165) is 24.3 Å². The Balaban J connectivity index is 1.53. The summed E-state index contributed by atoms with van der Waals surface area (Å²) in [6.07, 6.45) is 0. The van der Waals surface area contributed by atoms with Gasteiger partial charge >= 0.3 is 0 Å². The lowest BCUT2D eigenvalue weighted by Gasteiger charge is -2.11. The molecule has 2 amide bonds. The first-order chi connectivity index (χ1) is 16.4. The van der Waals surface area contributed by atoms with Crippen LogP contribution in [0.1, 0.15) is 21.8 Å². The molecular weight excluding hydrogens is 554 g/mol. The normalized spacial score (nSPS) is 18.2. The van der Waals surface area contributed by atoms with E-state index in [4.69, 9.17) is 46.4 Å². The summed E-state index contributed by atoms with van der Waals surface area (Å²) in [7, 11) is 0. The van der Waals surface area contributed by atoms with Gasteiger partial charge < -0.3 is 10.6 Å². The molecule has 182 valence electrons. The van der Waals surface area contributed by atoms with Crippen LogP contribution in [0.4, 0.5) is 28.9 Å². The number of rotatable bonds is 5. The van der Waals surface area contributed by atoms with Gasteiger partial charge in [-0.2, -0.15) is 0 Å². The van der Waals surface area contributed by atoms with E-state index in [-0.39, 0.29) is 27.5 Å². The molecule has 2 N–H and O–H groups in total. The highest BCUT2D eigenvalue weighted by atomic mass is 35.5. The Morgan fingerprint density at radius 1 is 0.857 bits per heavy atom. The molecule has 0 bridgehead atoms. The Bertz CT molecular complexity index is 1370. The highest BCUT2D eigenvalue weighted by Crippen LogP contribution is 2.65. The molecule has 4 rings (SSSR count). The summed E-state index contributed by atoms with van der Waals surface area (Å²) in [6, 6.07) is 8.55. The number of nitrogens with one attached hydrogen (secondary N) is 2. The number of amides is 2. The van der Waals surface area contributed by atoms with Gasteiger partial charge in [-0.1, -0.05) is 29.3 Å². The van der Waals surface area contributed by atoms with E-state index in [0.29, 0.717) is 6.07 Å². The van der Waals surface area contributed by atoms with Crippen molar-refractivity contribution in [2.45, 2.75) is 10.3 Å². The number of hydrogen-bond donors (Lipinski definition) is 2. The van der Waals surface area contributed by atoms with Gasteiger partial charge in [0.15, 0.2) is 0 Å². The molecule has 1 fully saturated rings. The van der Waals surface area contributed by atoms with Crippen LogP contribution in [0.25, 0.3) is 0 Å². The van der Waals surface area contributed by atoms with Crippen molar-refractivity contribution in [2.75, 3.05) is 10.6 Å². The first-order valence-electron chi connectivity index (χ1n) is 9.79. The van der Waals surface area contributed by atoms with Gasteiger partial charge in [-0.25, -0.2) is 17.6 Å². The fraction of sp³-hybridized carbons (Fsp3) is 0.130. The number of hydrogen-bond acceptors (Lipinski definition) is 2. The van der Waals surface area contributed by atoms with E-state index >= 15 is 0 Å². The molecule has 1 aliphatic rings. The minimum atomic E-state index is -1.70. The van der Waals surface area contributed by atoms with Crippen LogP contribution in [0.5, 0.6) is 0 Å². The number of carbonyl (C=O) groups excluding carboxylic acids is 2. The van der Waals surface area contributed by atoms with E-state index in [9.17, 15) is 27.2 Å². The van der Waals surface area contributed by atoms with Gasteiger partial charge in [0.05, 0.1) is 22.2 Å². The third kappa shape index (κ3) is 4.93. The average Bonchev–Trinajstić information content (AvgIpc) is 3.36. The zero-order valence-corrected chi connectivity index (χ0v) is 20.1. The zero-order valence-electron chi connectivity index (χ0n) is 17.1. The Hall–Kier alpha value is -2.52. The van der Waals surface area contributed by atoms with Crippen molar-refractivity contribution in [3.63, 3.8) is 0 Å². The molecule has 1 aliphatic carbocycles. The second kappa shape index (κ2) is 9.50. The smallest absolute Gasteiger partial charge is 0.257 e. The largest absolute Gasteiger partial charge is 0.326 e. The standard InChI is InChI=1S/C23H12Cl4F4N2O2/c24-13-4-2-10(8-12(13)21(34)33-16-6-1-9(28)7-15(16)30)32-22(35)18-17(23(18,26)27)11-3-5-14(29)19(25)20(11)31/h1-8,17-18H,(H,32,35)(H,33,34). The topological polar surface area (TPSA) is 58.2 Å². The van der Waals surface area contributed by atoms with Crippen LogP contribution in [0, 0.1) is 29.2 Å². The zero-order chi connectivity index (χ0) is 25.7. The number of anilines is 2. The molecule has 2 unspecified atom stereocenters. The summed E-state index contributed by atoms with van der Waals surface area (Å²) in [4.78, 5) is 25.4. The third-order valence-electron chi connectivity index (χ3n) is 5.39. The molecule has 0 spiro atoms. The maximum absolute atomic E-state index is 14.4. The summed E-state index contributed by atoms with van der Waals surface area (Å²) >= 11 is 24.1. The predicted octanol–water partition coefficient (Wildman–Crippen LogP) is 7.33. The molecule has 0 aromatic heterocycles. The van der Waals surface area contributed by atoms with Crippen molar-refractivity contribution in [1.29, 1.82) is 0 Å². The molecular formula is C23H12Cl4F4N2O2. The Morgan fingerprint density at radius 2 is 1.57 bits per heavy atom. The average molecular weight is 566 g/mol. The molecule has 2 atom stereocenters. The monoisotopic (exact) mass is 564 g/mol. The summed E-state index contributed by atoms with van der Waals surface area (Å²) in [5.74, 6) is -7.53. The van der Waals surface area contributed by atoms with Crippen LogP contribution in [0.15, 0.2) is 48.5 Å². The highest BCUT2D eigenvalue weighted by Gasteiger charge is 2.68. The second-order valence-corrected chi connectivity index (χ2v) is 9.89. The molecule has 1 saturated carbocycles. The van der Waals surface area contributed by atoms with E-state index in [2.05, 4.69) is 10.6 Å². The van der Waals surface area contributed by atoms with Gasteiger partial charge in [-0.05, 0) is 42.0 Å². The molecule has 0 heterocycles. The lowest BCUT2D eigenvalue weighted by molar-refractivity contribution is -0.117. The quantitative estimate of drug-likeness (QED) is 0.193. The van der Waals surface area contributed by atoms with Gasteiger partial charge in [0, 0.05) is 17.7 Å². The summed E-state index contributed by atoms with van der Waals surface area (Å²) in [6.45, 7) is 0. The molecule has 3 aromatic carbocycles. The SMILES string of the molecule is O=C(Nc1ccc(F)cc1F)c1cc(NC(=O)C2C(c3ccc(F)c(Cl)c3F)C2(Cl)Cl)ccc1Cl. The first kappa shape index (κ1) is 25.6. The summed E-state index contributed by atoms with van der Waals surface area (Å²) in [5, 5.41) is 4.01. The Morgan fingerprint density at radius 3 is 2.26 bits per heavy atom. The van der Waals surface area contributed by atoms with Gasteiger partial charge in [0.2, 0.25) is 5.91 Å². The molecule has 35 heavy (non-hydrogen) atoms. The molecule has 4 nitrogen and oxygen atoms in total. The van der Waals surface area contributed by atoms with E-state index in [1.165, 1.54) is 18.2 Å². The van der Waals surface area contributed by atoms with Gasteiger partial charge in [0.25, 0.3) is 5.91 Å². The molecule has 0 saturated heterocycles. The molecule has 0 radical (unpaired) electrons. The fourth-order valence-electron chi connectivity index (χ4n) is 3.60. The number of alkyl halides is 2. The van der Waals surface area contributed by atoms with E-state index < -0.39 is 56.3 Å². The summed E-state index contributed by atoms with van der Waals surface area (Å²) in [5.41, 5.74) is -0.424. The Kier molecular flexibility index (Phi) is 6.94. The predicted molar refractivity (Wildman–Crippen MR) is 126 cm³/mol. The minimum absolute atomic E-state index is 0.0145. The number of benzene rings is 3. The van der Waals surface area contributed by atoms with Crippen molar-refractivity contribution in [1.82, 2.24) is 0 Å². The van der Waals surface area contributed by atoms with Crippen LogP contribution >= 0.6 is 46.4 Å².